The lowest BCUT2D eigenvalue weighted by atomic mass is 10.1. The Balaban J connectivity index is 2.15. The normalized spacial score (nSPS) is 10.2. The Kier molecular flexibility index (Phi) is 6.13. The molecule has 0 aliphatic carbocycles. The van der Waals surface area contributed by atoms with Gasteiger partial charge in [0, 0.05) is 10.1 Å². The molecule has 0 spiro atoms. The van der Waals surface area contributed by atoms with E-state index < -0.39 is 0 Å². The van der Waals surface area contributed by atoms with Gasteiger partial charge < -0.3 is 24.6 Å². The number of hydrogen-bond acceptors (Lipinski definition) is 5. The molecule has 0 saturated heterocycles. The summed E-state index contributed by atoms with van der Waals surface area (Å²) in [6, 6.07) is 8.32. The average Bonchev–Trinajstić information content (AvgIpc) is 2.60. The summed E-state index contributed by atoms with van der Waals surface area (Å²) in [5.41, 5.74) is 1.31. The second-order valence-corrected chi connectivity index (χ2v) is 6.04. The molecule has 2 N–H and O–H groups in total. The summed E-state index contributed by atoms with van der Waals surface area (Å²) in [5, 5.41) is 12.4. The van der Waals surface area contributed by atoms with Crippen molar-refractivity contribution in [2.75, 3.05) is 21.3 Å². The quantitative estimate of drug-likeness (QED) is 0.672. The number of carbonyl (C=O) groups is 1. The fraction of sp³-hybridized carbons (Fsp3) is 0.235. The highest BCUT2D eigenvalue weighted by molar-refractivity contribution is 14.1. The van der Waals surface area contributed by atoms with E-state index in [0.29, 0.717) is 29.4 Å². The third-order valence-corrected chi connectivity index (χ3v) is 4.31. The number of carbonyl (C=O) groups excluding carboxylic acids is 1. The molecule has 2 rings (SSSR count). The largest absolute Gasteiger partial charge is 0.504 e. The molecule has 0 heterocycles. The molecule has 0 saturated carbocycles. The van der Waals surface area contributed by atoms with E-state index in [1.807, 2.05) is 0 Å². The number of halogens is 1. The second kappa shape index (κ2) is 8.09. The van der Waals surface area contributed by atoms with Crippen LogP contribution in [-0.2, 0) is 6.54 Å². The van der Waals surface area contributed by atoms with Gasteiger partial charge >= 0.3 is 0 Å². The Morgan fingerprint density at radius 3 is 2.29 bits per heavy atom. The minimum atomic E-state index is -0.229. The molecular weight excluding hydrogens is 425 g/mol. The van der Waals surface area contributed by atoms with Crippen molar-refractivity contribution in [2.45, 2.75) is 6.54 Å². The summed E-state index contributed by atoms with van der Waals surface area (Å²) < 4.78 is 16.3. The van der Waals surface area contributed by atoms with Crippen LogP contribution in [0, 0.1) is 3.57 Å². The number of rotatable bonds is 6. The first-order valence-corrected chi connectivity index (χ1v) is 8.13. The van der Waals surface area contributed by atoms with Crippen LogP contribution in [0.3, 0.4) is 0 Å². The average molecular weight is 443 g/mol. The number of methoxy groups -OCH3 is 3. The Morgan fingerprint density at radius 2 is 1.67 bits per heavy atom. The Bertz CT molecular complexity index is 748. The standard InChI is InChI=1S/C17H18INO5/c1-22-14-6-10(4-5-13(14)20)9-19-17(21)11-7-15(23-2)16(24-3)8-12(11)18/h4-8,20H,9H2,1-3H3,(H,19,21). The van der Waals surface area contributed by atoms with Gasteiger partial charge in [-0.25, -0.2) is 0 Å². The molecule has 0 unspecified atom stereocenters. The van der Waals surface area contributed by atoms with Crippen LogP contribution in [0.15, 0.2) is 30.3 Å². The molecule has 0 atom stereocenters. The highest BCUT2D eigenvalue weighted by Crippen LogP contribution is 2.31. The minimum absolute atomic E-state index is 0.0574. The van der Waals surface area contributed by atoms with Crippen LogP contribution in [0.2, 0.25) is 0 Å². The summed E-state index contributed by atoms with van der Waals surface area (Å²) in [6.45, 7) is 0.305. The molecule has 1 amide bonds. The predicted molar refractivity (Wildman–Crippen MR) is 98.1 cm³/mol. The first-order chi connectivity index (χ1) is 11.5. The minimum Gasteiger partial charge on any atom is -0.504 e. The maximum absolute atomic E-state index is 12.4. The third kappa shape index (κ3) is 4.02. The van der Waals surface area contributed by atoms with E-state index in [2.05, 4.69) is 27.9 Å². The van der Waals surface area contributed by atoms with Crippen molar-refractivity contribution < 1.29 is 24.1 Å². The molecule has 0 aliphatic rings. The molecule has 6 nitrogen and oxygen atoms in total. The number of amides is 1. The van der Waals surface area contributed by atoms with E-state index in [1.165, 1.54) is 20.3 Å². The number of ether oxygens (including phenoxy) is 3. The molecule has 7 heteroatoms. The van der Waals surface area contributed by atoms with E-state index >= 15 is 0 Å². The second-order valence-electron chi connectivity index (χ2n) is 4.88. The zero-order valence-electron chi connectivity index (χ0n) is 13.6. The number of hydrogen-bond donors (Lipinski definition) is 2. The van der Waals surface area contributed by atoms with Crippen molar-refractivity contribution >= 4 is 28.5 Å². The smallest absolute Gasteiger partial charge is 0.252 e. The number of phenols is 1. The van der Waals surface area contributed by atoms with E-state index in [4.69, 9.17) is 14.2 Å². The molecule has 24 heavy (non-hydrogen) atoms. The maximum Gasteiger partial charge on any atom is 0.252 e. The van der Waals surface area contributed by atoms with Crippen LogP contribution in [0.1, 0.15) is 15.9 Å². The van der Waals surface area contributed by atoms with Crippen molar-refractivity contribution in [3.8, 4) is 23.0 Å². The predicted octanol–water partition coefficient (Wildman–Crippen LogP) is 2.95. The van der Waals surface area contributed by atoms with Gasteiger partial charge in [-0.05, 0) is 52.4 Å². The zero-order valence-corrected chi connectivity index (χ0v) is 15.7. The lowest BCUT2D eigenvalue weighted by Crippen LogP contribution is -2.23. The molecule has 0 radical (unpaired) electrons. The summed E-state index contributed by atoms with van der Waals surface area (Å²) in [7, 11) is 4.55. The molecular formula is C17H18INO5. The molecule has 128 valence electrons. The van der Waals surface area contributed by atoms with E-state index in [9.17, 15) is 9.90 Å². The SMILES string of the molecule is COc1cc(CNC(=O)c2cc(OC)c(OC)cc2I)ccc1O. The van der Waals surface area contributed by atoms with Crippen molar-refractivity contribution in [3.05, 3.63) is 45.0 Å². The fourth-order valence-corrected chi connectivity index (χ4v) is 2.82. The highest BCUT2D eigenvalue weighted by atomic mass is 127. The van der Waals surface area contributed by atoms with Crippen molar-refractivity contribution in [1.29, 1.82) is 0 Å². The van der Waals surface area contributed by atoms with Crippen LogP contribution >= 0.6 is 22.6 Å². The maximum atomic E-state index is 12.4. The first-order valence-electron chi connectivity index (χ1n) is 7.05. The summed E-state index contributed by atoms with van der Waals surface area (Å²) in [4.78, 5) is 12.4. The molecule has 2 aromatic carbocycles. The van der Waals surface area contributed by atoms with Crippen molar-refractivity contribution in [2.24, 2.45) is 0 Å². The van der Waals surface area contributed by atoms with Crippen LogP contribution in [-0.4, -0.2) is 32.3 Å². The van der Waals surface area contributed by atoms with Crippen molar-refractivity contribution in [1.82, 2.24) is 5.32 Å². The fourth-order valence-electron chi connectivity index (χ4n) is 2.14. The molecule has 2 aromatic rings. The van der Waals surface area contributed by atoms with Gasteiger partial charge in [0.15, 0.2) is 23.0 Å². The van der Waals surface area contributed by atoms with Gasteiger partial charge in [0.2, 0.25) is 0 Å². The number of benzene rings is 2. The van der Waals surface area contributed by atoms with E-state index in [1.54, 1.807) is 31.4 Å². The molecule has 0 aromatic heterocycles. The van der Waals surface area contributed by atoms with Crippen LogP contribution in [0.5, 0.6) is 23.0 Å². The topological polar surface area (TPSA) is 77.0 Å². The van der Waals surface area contributed by atoms with Gasteiger partial charge in [-0.2, -0.15) is 0 Å². The van der Waals surface area contributed by atoms with Gasteiger partial charge in [0.25, 0.3) is 5.91 Å². The lowest BCUT2D eigenvalue weighted by Gasteiger charge is -2.12. The zero-order chi connectivity index (χ0) is 17.7. The molecule has 0 bridgehead atoms. The van der Waals surface area contributed by atoms with E-state index in [0.717, 1.165) is 9.13 Å². The summed E-state index contributed by atoms with van der Waals surface area (Å²) >= 11 is 2.08. The Hall–Kier alpha value is -2.16. The number of nitrogens with one attached hydrogen (secondary N) is 1. The van der Waals surface area contributed by atoms with Crippen molar-refractivity contribution in [3.63, 3.8) is 0 Å². The molecule has 0 fully saturated rings. The van der Waals surface area contributed by atoms with Gasteiger partial charge in [-0.15, -0.1) is 0 Å². The van der Waals surface area contributed by atoms with Crippen LogP contribution in [0.25, 0.3) is 0 Å². The van der Waals surface area contributed by atoms with Gasteiger partial charge in [-0.3, -0.25) is 4.79 Å². The number of aromatic hydroxyl groups is 1. The van der Waals surface area contributed by atoms with Gasteiger partial charge in [0.05, 0.1) is 26.9 Å². The lowest BCUT2D eigenvalue weighted by molar-refractivity contribution is 0.0949. The Morgan fingerprint density at radius 1 is 1.04 bits per heavy atom. The van der Waals surface area contributed by atoms with Gasteiger partial charge in [-0.1, -0.05) is 6.07 Å². The first kappa shape index (κ1) is 18.2. The summed E-state index contributed by atoms with van der Waals surface area (Å²) in [5.74, 6) is 1.26. The molecule has 0 aliphatic heterocycles. The Labute approximate surface area is 153 Å². The number of phenolic OH excluding ortho intramolecular Hbond substituents is 1. The van der Waals surface area contributed by atoms with Crippen LogP contribution in [0.4, 0.5) is 0 Å². The monoisotopic (exact) mass is 443 g/mol. The van der Waals surface area contributed by atoms with E-state index in [-0.39, 0.29) is 11.7 Å². The highest BCUT2D eigenvalue weighted by Gasteiger charge is 2.15. The third-order valence-electron chi connectivity index (χ3n) is 3.42. The van der Waals surface area contributed by atoms with Gasteiger partial charge in [0.1, 0.15) is 0 Å². The summed E-state index contributed by atoms with van der Waals surface area (Å²) in [6.07, 6.45) is 0. The van der Waals surface area contributed by atoms with Crippen LogP contribution < -0.4 is 19.5 Å².